The fourth-order valence-corrected chi connectivity index (χ4v) is 3.18. The maximum Gasteiger partial charge on any atom is 0.262 e. The highest BCUT2D eigenvalue weighted by Gasteiger charge is 2.14. The van der Waals surface area contributed by atoms with Crippen molar-refractivity contribution < 1.29 is 9.53 Å². The first-order chi connectivity index (χ1) is 12.1. The van der Waals surface area contributed by atoms with Gasteiger partial charge in [-0.15, -0.1) is 0 Å². The molecule has 1 amide bonds. The minimum atomic E-state index is -0.143. The number of benzene rings is 1. The van der Waals surface area contributed by atoms with E-state index < -0.39 is 0 Å². The lowest BCUT2D eigenvalue weighted by molar-refractivity contribution is -0.127. The highest BCUT2D eigenvalue weighted by Crippen LogP contribution is 2.18. The van der Waals surface area contributed by atoms with E-state index in [9.17, 15) is 9.59 Å². The van der Waals surface area contributed by atoms with E-state index in [4.69, 9.17) is 10.00 Å². The smallest absolute Gasteiger partial charge is 0.262 e. The van der Waals surface area contributed by atoms with Crippen LogP contribution in [-0.4, -0.2) is 53.4 Å². The number of nitrogens with zero attached hydrogens (tertiary/aromatic N) is 4. The monoisotopic (exact) mass is 360 g/mol. The standard InChI is InChI=1S/C17H20N4O3S/c1-20(9-5-8-18)15(22)12-25-17-19-14-7-4-3-6-13(14)16(23)21(17)10-11-24-2/h3-4,6-7H,5,9-12H2,1-2H3. The third-order valence-electron chi connectivity index (χ3n) is 3.66. The van der Waals surface area contributed by atoms with Crippen LogP contribution < -0.4 is 5.56 Å². The van der Waals surface area contributed by atoms with Crippen molar-refractivity contribution in [2.45, 2.75) is 18.1 Å². The maximum absolute atomic E-state index is 12.7. The molecule has 0 N–H and O–H groups in total. The van der Waals surface area contributed by atoms with Crippen molar-refractivity contribution in [3.05, 3.63) is 34.6 Å². The van der Waals surface area contributed by atoms with E-state index >= 15 is 0 Å². The Morgan fingerprint density at radius 3 is 2.92 bits per heavy atom. The number of methoxy groups -OCH3 is 1. The van der Waals surface area contributed by atoms with E-state index in [1.807, 2.05) is 12.1 Å². The van der Waals surface area contributed by atoms with Crippen LogP contribution >= 0.6 is 11.8 Å². The Balaban J connectivity index is 2.25. The molecule has 0 aliphatic heterocycles. The molecule has 0 saturated carbocycles. The molecule has 0 atom stereocenters. The zero-order valence-electron chi connectivity index (χ0n) is 14.3. The molecule has 25 heavy (non-hydrogen) atoms. The lowest BCUT2D eigenvalue weighted by Gasteiger charge is -2.16. The van der Waals surface area contributed by atoms with E-state index in [0.29, 0.717) is 42.2 Å². The lowest BCUT2D eigenvalue weighted by atomic mass is 10.2. The normalized spacial score (nSPS) is 10.6. The largest absolute Gasteiger partial charge is 0.383 e. The van der Waals surface area contributed by atoms with Gasteiger partial charge in [-0.3, -0.25) is 14.2 Å². The Morgan fingerprint density at radius 2 is 2.20 bits per heavy atom. The van der Waals surface area contributed by atoms with Crippen molar-refractivity contribution in [3.8, 4) is 6.07 Å². The topological polar surface area (TPSA) is 88.2 Å². The molecule has 0 unspecified atom stereocenters. The zero-order chi connectivity index (χ0) is 18.2. The minimum Gasteiger partial charge on any atom is -0.383 e. The van der Waals surface area contributed by atoms with Crippen molar-refractivity contribution in [2.75, 3.05) is 33.1 Å². The number of hydrogen-bond acceptors (Lipinski definition) is 6. The van der Waals surface area contributed by atoms with Crippen molar-refractivity contribution in [1.29, 1.82) is 5.26 Å². The molecule has 0 aliphatic rings. The average Bonchev–Trinajstić information content (AvgIpc) is 2.63. The van der Waals surface area contributed by atoms with Crippen molar-refractivity contribution in [1.82, 2.24) is 14.5 Å². The van der Waals surface area contributed by atoms with Gasteiger partial charge in [0.1, 0.15) is 0 Å². The summed E-state index contributed by atoms with van der Waals surface area (Å²) < 4.78 is 6.61. The molecule has 0 aliphatic carbocycles. The van der Waals surface area contributed by atoms with Crippen LogP contribution in [0, 0.1) is 11.3 Å². The van der Waals surface area contributed by atoms with Gasteiger partial charge >= 0.3 is 0 Å². The molecule has 0 radical (unpaired) electrons. The number of nitriles is 1. The summed E-state index contributed by atoms with van der Waals surface area (Å²) in [7, 11) is 3.23. The molecule has 0 saturated heterocycles. The van der Waals surface area contributed by atoms with Gasteiger partial charge in [-0.05, 0) is 12.1 Å². The Hall–Kier alpha value is -2.37. The summed E-state index contributed by atoms with van der Waals surface area (Å²) in [5, 5.41) is 9.63. The number of thioether (sulfide) groups is 1. The van der Waals surface area contributed by atoms with E-state index in [1.165, 1.54) is 16.7 Å². The number of carbonyl (C=O) groups is 1. The number of ether oxygens (including phenoxy) is 1. The molecule has 8 heteroatoms. The van der Waals surface area contributed by atoms with Crippen molar-refractivity contribution in [3.63, 3.8) is 0 Å². The van der Waals surface area contributed by atoms with Gasteiger partial charge in [0, 0.05) is 20.7 Å². The van der Waals surface area contributed by atoms with Crippen LogP contribution in [0.4, 0.5) is 0 Å². The Kier molecular flexibility index (Phi) is 6.98. The Morgan fingerprint density at radius 1 is 1.44 bits per heavy atom. The molecular formula is C17H20N4O3S. The molecule has 2 rings (SSSR count). The summed E-state index contributed by atoms with van der Waals surface area (Å²) in [5.41, 5.74) is 0.462. The van der Waals surface area contributed by atoms with Crippen LogP contribution in [0.2, 0.25) is 0 Å². The molecule has 132 valence electrons. The van der Waals surface area contributed by atoms with Crippen molar-refractivity contribution in [2.24, 2.45) is 0 Å². The molecule has 0 spiro atoms. The summed E-state index contributed by atoms with van der Waals surface area (Å²) >= 11 is 1.22. The Labute approximate surface area is 150 Å². The van der Waals surface area contributed by atoms with Crippen LogP contribution in [0.1, 0.15) is 6.42 Å². The second-order valence-corrected chi connectivity index (χ2v) is 6.32. The summed E-state index contributed by atoms with van der Waals surface area (Å²) in [5.74, 6) is 0.0422. The van der Waals surface area contributed by atoms with Crippen LogP contribution in [-0.2, 0) is 16.1 Å². The molecule has 0 bridgehead atoms. The number of hydrogen-bond donors (Lipinski definition) is 0. The van der Waals surface area contributed by atoms with Gasteiger partial charge in [-0.25, -0.2) is 4.98 Å². The van der Waals surface area contributed by atoms with E-state index in [2.05, 4.69) is 4.98 Å². The minimum absolute atomic E-state index is 0.110. The predicted molar refractivity (Wildman–Crippen MR) is 96.5 cm³/mol. The maximum atomic E-state index is 12.7. The third kappa shape index (κ3) is 4.81. The summed E-state index contributed by atoms with van der Waals surface area (Å²) in [6, 6.07) is 9.16. The Bertz CT molecular complexity index is 844. The second kappa shape index (κ2) is 9.20. The molecule has 0 fully saturated rings. The van der Waals surface area contributed by atoms with Crippen LogP contribution in [0.25, 0.3) is 10.9 Å². The van der Waals surface area contributed by atoms with Crippen molar-refractivity contribution >= 4 is 28.6 Å². The molecule has 1 heterocycles. The summed E-state index contributed by atoms with van der Waals surface area (Å²) in [6.07, 6.45) is 0.291. The zero-order valence-corrected chi connectivity index (χ0v) is 15.1. The quantitative estimate of drug-likeness (QED) is 0.524. The number of aromatic nitrogens is 2. The van der Waals surface area contributed by atoms with Crippen LogP contribution in [0.3, 0.4) is 0 Å². The first-order valence-corrected chi connectivity index (χ1v) is 8.79. The first-order valence-electron chi connectivity index (χ1n) is 7.80. The fraction of sp³-hybridized carbons (Fsp3) is 0.412. The summed E-state index contributed by atoms with van der Waals surface area (Å²) in [6.45, 7) is 1.13. The SMILES string of the molecule is COCCn1c(SCC(=O)N(C)CCC#N)nc2ccccc2c1=O. The van der Waals surface area contributed by atoms with Crippen LogP contribution in [0.5, 0.6) is 0 Å². The van der Waals surface area contributed by atoms with Crippen LogP contribution in [0.15, 0.2) is 34.2 Å². The number of amides is 1. The second-order valence-electron chi connectivity index (χ2n) is 5.37. The molecule has 1 aromatic carbocycles. The summed E-state index contributed by atoms with van der Waals surface area (Å²) in [4.78, 5) is 30.9. The first kappa shape index (κ1) is 19.0. The number of carbonyl (C=O) groups excluding carboxylic acids is 1. The fourth-order valence-electron chi connectivity index (χ4n) is 2.22. The number of fused-ring (bicyclic) bond motifs is 1. The van der Waals surface area contributed by atoms with Gasteiger partial charge in [0.2, 0.25) is 5.91 Å². The highest BCUT2D eigenvalue weighted by molar-refractivity contribution is 7.99. The van der Waals surface area contributed by atoms with Gasteiger partial charge in [0.15, 0.2) is 5.16 Å². The van der Waals surface area contributed by atoms with Gasteiger partial charge in [0.25, 0.3) is 5.56 Å². The highest BCUT2D eigenvalue weighted by atomic mass is 32.2. The lowest BCUT2D eigenvalue weighted by Crippen LogP contribution is -2.30. The van der Waals surface area contributed by atoms with E-state index in [0.717, 1.165) is 0 Å². The van der Waals surface area contributed by atoms with Gasteiger partial charge in [-0.1, -0.05) is 23.9 Å². The molecule has 2 aromatic rings. The predicted octanol–water partition coefficient (Wildman–Crippen LogP) is 1.51. The number of rotatable bonds is 8. The number of para-hydroxylation sites is 1. The van der Waals surface area contributed by atoms with E-state index in [-0.39, 0.29) is 17.2 Å². The van der Waals surface area contributed by atoms with Gasteiger partial charge < -0.3 is 9.64 Å². The molecular weight excluding hydrogens is 340 g/mol. The van der Waals surface area contributed by atoms with Gasteiger partial charge in [0.05, 0.1) is 42.3 Å². The van der Waals surface area contributed by atoms with Gasteiger partial charge in [-0.2, -0.15) is 5.26 Å². The van der Waals surface area contributed by atoms with E-state index in [1.54, 1.807) is 36.9 Å². The molecule has 7 nitrogen and oxygen atoms in total. The average molecular weight is 360 g/mol. The third-order valence-corrected chi connectivity index (χ3v) is 4.62. The molecule has 1 aromatic heterocycles.